The molecule has 0 radical (unpaired) electrons. The van der Waals surface area contributed by atoms with Crippen molar-refractivity contribution in [3.8, 4) is 5.75 Å². The third-order valence-corrected chi connectivity index (χ3v) is 6.63. The third kappa shape index (κ3) is 2.25. The first kappa shape index (κ1) is 15.4. The van der Waals surface area contributed by atoms with Gasteiger partial charge in [-0.15, -0.1) is 0 Å². The highest BCUT2D eigenvalue weighted by molar-refractivity contribution is 6.00. The van der Waals surface area contributed by atoms with Gasteiger partial charge in [0.1, 0.15) is 11.4 Å². The molecule has 25 heavy (non-hydrogen) atoms. The van der Waals surface area contributed by atoms with Crippen LogP contribution in [0.25, 0.3) is 0 Å². The Morgan fingerprint density at radius 2 is 2.12 bits per heavy atom. The van der Waals surface area contributed by atoms with Gasteiger partial charge < -0.3 is 14.7 Å². The Balaban J connectivity index is 1.38. The maximum absolute atomic E-state index is 12.9. The van der Waals surface area contributed by atoms with E-state index in [9.17, 15) is 14.7 Å². The number of nitrogens with zero attached hydrogens (tertiary/aromatic N) is 1. The number of benzene rings is 1. The van der Waals surface area contributed by atoms with Crippen molar-refractivity contribution in [3.63, 3.8) is 0 Å². The molecule has 3 fully saturated rings. The quantitative estimate of drug-likeness (QED) is 0.849. The van der Waals surface area contributed by atoms with Gasteiger partial charge in [-0.05, 0) is 43.7 Å². The number of carbonyl (C=O) groups is 2. The number of β-amino-alcohol motifs (C(OH)–C–C–N with tert-alkyl or cyclic N) is 1. The van der Waals surface area contributed by atoms with E-state index in [1.165, 1.54) is 0 Å². The fraction of sp³-hybridized carbons (Fsp3) is 0.600. The number of ketones is 1. The Bertz CT molecular complexity index is 747. The van der Waals surface area contributed by atoms with E-state index in [0.717, 1.165) is 32.2 Å². The maximum atomic E-state index is 12.9. The number of amides is 1. The fourth-order valence-electron chi connectivity index (χ4n) is 5.46. The van der Waals surface area contributed by atoms with Gasteiger partial charge in [0, 0.05) is 24.9 Å². The van der Waals surface area contributed by atoms with Gasteiger partial charge in [-0.2, -0.15) is 0 Å². The highest BCUT2D eigenvalue weighted by Crippen LogP contribution is 2.66. The van der Waals surface area contributed by atoms with Crippen LogP contribution in [-0.2, 0) is 4.79 Å². The molecule has 1 amide bonds. The number of hydrogen-bond donors (Lipinski definition) is 1. The number of rotatable bonds is 1. The SMILES string of the molecule is O=C1C[C@]2(CC[C@@H]3[C@H](C(=O)N4CCC[C@H](O)C4)[C@H]32)Oc2ccccc21. The predicted molar refractivity (Wildman–Crippen MR) is 90.3 cm³/mol. The monoisotopic (exact) mass is 341 g/mol. The van der Waals surface area contributed by atoms with Gasteiger partial charge in [-0.25, -0.2) is 0 Å². The number of aliphatic hydroxyl groups is 1. The number of ether oxygens (including phenoxy) is 1. The van der Waals surface area contributed by atoms with E-state index >= 15 is 0 Å². The lowest BCUT2D eigenvalue weighted by molar-refractivity contribution is -0.137. The molecule has 0 unspecified atom stereocenters. The number of hydrogen-bond acceptors (Lipinski definition) is 4. The summed E-state index contributed by atoms with van der Waals surface area (Å²) < 4.78 is 6.35. The van der Waals surface area contributed by atoms with Crippen LogP contribution in [-0.4, -0.2) is 46.5 Å². The Morgan fingerprint density at radius 1 is 1.28 bits per heavy atom. The van der Waals surface area contributed by atoms with E-state index in [1.807, 2.05) is 29.2 Å². The molecule has 5 atom stereocenters. The lowest BCUT2D eigenvalue weighted by atomic mass is 9.84. The number of fused-ring (bicyclic) bond motifs is 3. The maximum Gasteiger partial charge on any atom is 0.226 e. The minimum atomic E-state index is -0.495. The van der Waals surface area contributed by atoms with Crippen molar-refractivity contribution in [2.24, 2.45) is 17.8 Å². The van der Waals surface area contributed by atoms with Crippen molar-refractivity contribution < 1.29 is 19.4 Å². The minimum absolute atomic E-state index is 0.0305. The average Bonchev–Trinajstić information content (AvgIpc) is 3.25. The van der Waals surface area contributed by atoms with Gasteiger partial charge in [0.25, 0.3) is 0 Å². The molecule has 4 aliphatic rings. The Morgan fingerprint density at radius 3 is 2.96 bits per heavy atom. The summed E-state index contributed by atoms with van der Waals surface area (Å²) in [6.45, 7) is 1.19. The molecule has 2 aliphatic carbocycles. The molecular weight excluding hydrogens is 318 g/mol. The van der Waals surface area contributed by atoms with Crippen LogP contribution in [0.3, 0.4) is 0 Å². The number of likely N-dealkylation sites (tertiary alicyclic amines) is 1. The largest absolute Gasteiger partial charge is 0.486 e. The van der Waals surface area contributed by atoms with Crippen LogP contribution in [0.1, 0.15) is 42.5 Å². The van der Waals surface area contributed by atoms with Crippen LogP contribution in [0.2, 0.25) is 0 Å². The smallest absolute Gasteiger partial charge is 0.226 e. The summed E-state index contributed by atoms with van der Waals surface area (Å²) >= 11 is 0. The topological polar surface area (TPSA) is 66.8 Å². The van der Waals surface area contributed by atoms with E-state index in [0.29, 0.717) is 30.2 Å². The molecule has 2 heterocycles. The normalized spacial score (nSPS) is 38.9. The van der Waals surface area contributed by atoms with Crippen molar-refractivity contribution in [3.05, 3.63) is 29.8 Å². The molecule has 1 aromatic rings. The highest BCUT2D eigenvalue weighted by atomic mass is 16.5. The molecule has 1 spiro atoms. The molecule has 1 saturated heterocycles. The van der Waals surface area contributed by atoms with E-state index < -0.39 is 11.7 Å². The molecule has 0 bridgehead atoms. The van der Waals surface area contributed by atoms with Crippen molar-refractivity contribution in [2.75, 3.05) is 13.1 Å². The highest BCUT2D eigenvalue weighted by Gasteiger charge is 2.71. The molecule has 132 valence electrons. The zero-order valence-electron chi connectivity index (χ0n) is 14.2. The first-order chi connectivity index (χ1) is 12.1. The average molecular weight is 341 g/mol. The first-order valence-electron chi connectivity index (χ1n) is 9.37. The molecule has 1 N–H and O–H groups in total. The van der Waals surface area contributed by atoms with Crippen molar-refractivity contribution in [1.82, 2.24) is 4.90 Å². The summed E-state index contributed by atoms with van der Waals surface area (Å²) in [6, 6.07) is 7.44. The van der Waals surface area contributed by atoms with Crippen LogP contribution in [0.5, 0.6) is 5.75 Å². The third-order valence-electron chi connectivity index (χ3n) is 6.63. The van der Waals surface area contributed by atoms with Gasteiger partial charge in [0.15, 0.2) is 5.78 Å². The minimum Gasteiger partial charge on any atom is -0.486 e. The lowest BCUT2D eigenvalue weighted by Gasteiger charge is -2.38. The summed E-state index contributed by atoms with van der Waals surface area (Å²) in [5.74, 6) is 1.42. The Hall–Kier alpha value is -1.88. The second-order valence-electron chi connectivity index (χ2n) is 8.10. The van der Waals surface area contributed by atoms with E-state index in [1.54, 1.807) is 0 Å². The number of para-hydroxylation sites is 1. The van der Waals surface area contributed by atoms with Crippen LogP contribution >= 0.6 is 0 Å². The van der Waals surface area contributed by atoms with Crippen molar-refractivity contribution in [1.29, 1.82) is 0 Å². The Labute approximate surface area is 147 Å². The fourth-order valence-corrected chi connectivity index (χ4v) is 5.46. The van der Waals surface area contributed by atoms with Crippen LogP contribution < -0.4 is 4.74 Å². The zero-order valence-corrected chi connectivity index (χ0v) is 14.2. The Kier molecular flexibility index (Phi) is 3.26. The molecule has 0 aromatic heterocycles. The second-order valence-corrected chi connectivity index (χ2v) is 8.10. The van der Waals surface area contributed by atoms with Gasteiger partial charge in [0.05, 0.1) is 18.1 Å². The summed E-state index contributed by atoms with van der Waals surface area (Å²) in [6.07, 6.45) is 3.44. The van der Waals surface area contributed by atoms with Gasteiger partial charge in [0.2, 0.25) is 5.91 Å². The number of piperidine rings is 1. The zero-order chi connectivity index (χ0) is 17.2. The summed E-state index contributed by atoms with van der Waals surface area (Å²) in [5.41, 5.74) is 0.171. The summed E-state index contributed by atoms with van der Waals surface area (Å²) in [7, 11) is 0. The van der Waals surface area contributed by atoms with Crippen LogP contribution in [0.4, 0.5) is 0 Å². The number of aliphatic hydroxyl groups excluding tert-OH is 1. The number of Topliss-reactive ketones (excluding diaryl/α,β-unsaturated/α-hetero) is 1. The van der Waals surface area contributed by atoms with Crippen LogP contribution in [0, 0.1) is 17.8 Å². The molecule has 2 aliphatic heterocycles. The van der Waals surface area contributed by atoms with E-state index in [4.69, 9.17) is 4.74 Å². The second kappa shape index (κ2) is 5.31. The number of carbonyl (C=O) groups excluding carboxylic acids is 2. The molecule has 1 aromatic carbocycles. The van der Waals surface area contributed by atoms with Crippen molar-refractivity contribution in [2.45, 2.75) is 43.8 Å². The first-order valence-corrected chi connectivity index (χ1v) is 9.37. The van der Waals surface area contributed by atoms with Gasteiger partial charge in [-0.1, -0.05) is 12.1 Å². The predicted octanol–water partition coefficient (Wildman–Crippen LogP) is 2.03. The molecule has 5 rings (SSSR count). The lowest BCUT2D eigenvalue weighted by Crippen LogP contribution is -2.47. The molecule has 5 heteroatoms. The van der Waals surface area contributed by atoms with E-state index in [2.05, 4.69) is 0 Å². The summed E-state index contributed by atoms with van der Waals surface area (Å²) in [4.78, 5) is 27.4. The standard InChI is InChI=1S/C20H23NO4/c22-12-4-3-9-21(11-12)19(24)17-14-7-8-20(18(14)17)10-15(23)13-5-1-2-6-16(13)25-20/h1-2,5-6,12,14,17-18,22H,3-4,7-11H2/t12-,14+,17-,18-,20-/m0/s1. The molecule has 2 saturated carbocycles. The molecular formula is C20H23NO4. The van der Waals surface area contributed by atoms with E-state index in [-0.39, 0.29) is 23.5 Å². The van der Waals surface area contributed by atoms with Gasteiger partial charge in [-0.3, -0.25) is 9.59 Å². The molecule has 5 nitrogen and oxygen atoms in total. The van der Waals surface area contributed by atoms with Crippen LogP contribution in [0.15, 0.2) is 24.3 Å². The van der Waals surface area contributed by atoms with Crippen molar-refractivity contribution >= 4 is 11.7 Å². The van der Waals surface area contributed by atoms with Gasteiger partial charge >= 0.3 is 0 Å². The summed E-state index contributed by atoms with van der Waals surface area (Å²) in [5, 5.41) is 9.86.